The fraction of sp³-hybridized carbons (Fsp3) is 0.533. The lowest BCUT2D eigenvalue weighted by Crippen LogP contribution is -2.56. The van der Waals surface area contributed by atoms with Crippen LogP contribution in [0.1, 0.15) is 57.2 Å². The van der Waals surface area contributed by atoms with Crippen molar-refractivity contribution in [1.29, 1.82) is 0 Å². The smallest absolute Gasteiger partial charge is 0.227 e. The predicted molar refractivity (Wildman–Crippen MR) is 153 cm³/mol. The molecule has 9 heteroatoms. The number of anilines is 2. The highest BCUT2D eigenvalue weighted by atomic mass is 16.5. The van der Waals surface area contributed by atoms with Gasteiger partial charge in [-0.2, -0.15) is 5.10 Å². The van der Waals surface area contributed by atoms with Crippen molar-refractivity contribution in [3.8, 4) is 11.3 Å². The standard InChI is InChI=1S/C30H41N7O2/c1-21-16-23(7-6-22(21)8-9-28(38)36-19-26(20-36)39-30(2,3)4)27-10-13-31-29(34-27)33-24-17-32-37(18-24)25-11-14-35(5)15-12-25/h6-7,10,13,16-18,25-26H,8-9,11-12,14-15,19-20H2,1-5H3,(H,31,33,34). The number of piperidine rings is 1. The van der Waals surface area contributed by atoms with E-state index in [-0.39, 0.29) is 17.6 Å². The summed E-state index contributed by atoms with van der Waals surface area (Å²) in [5.74, 6) is 0.740. The second-order valence-electron chi connectivity index (χ2n) is 11.9. The number of aromatic nitrogens is 4. The van der Waals surface area contributed by atoms with Crippen LogP contribution in [0, 0.1) is 6.92 Å². The number of nitrogens with one attached hydrogen (secondary N) is 1. The minimum atomic E-state index is -0.172. The van der Waals surface area contributed by atoms with Gasteiger partial charge in [0.2, 0.25) is 11.9 Å². The Bertz CT molecular complexity index is 1280. The molecule has 0 saturated carbocycles. The summed E-state index contributed by atoms with van der Waals surface area (Å²) in [6, 6.07) is 8.69. The topological polar surface area (TPSA) is 88.4 Å². The van der Waals surface area contributed by atoms with Crippen LogP contribution in [0.2, 0.25) is 0 Å². The molecule has 0 radical (unpaired) electrons. The predicted octanol–water partition coefficient (Wildman–Crippen LogP) is 4.62. The molecule has 0 atom stereocenters. The zero-order valence-corrected chi connectivity index (χ0v) is 23.9. The van der Waals surface area contributed by atoms with Crippen molar-refractivity contribution in [1.82, 2.24) is 29.5 Å². The molecule has 0 aliphatic carbocycles. The molecule has 3 aromatic rings. The number of benzene rings is 1. The van der Waals surface area contributed by atoms with E-state index in [4.69, 9.17) is 9.72 Å². The molecule has 39 heavy (non-hydrogen) atoms. The van der Waals surface area contributed by atoms with Crippen LogP contribution in [0.15, 0.2) is 42.9 Å². The third-order valence-corrected chi connectivity index (χ3v) is 7.54. The van der Waals surface area contributed by atoms with Crippen LogP contribution in [-0.2, 0) is 16.0 Å². The van der Waals surface area contributed by atoms with E-state index in [1.54, 1.807) is 6.20 Å². The van der Waals surface area contributed by atoms with Crippen LogP contribution in [0.3, 0.4) is 0 Å². The monoisotopic (exact) mass is 531 g/mol. The molecule has 1 aromatic carbocycles. The van der Waals surface area contributed by atoms with E-state index in [9.17, 15) is 4.79 Å². The molecule has 2 fully saturated rings. The van der Waals surface area contributed by atoms with E-state index >= 15 is 0 Å². The minimum absolute atomic E-state index is 0.151. The van der Waals surface area contributed by atoms with Gasteiger partial charge in [0.15, 0.2) is 0 Å². The molecule has 2 saturated heterocycles. The maximum atomic E-state index is 12.6. The Morgan fingerprint density at radius 1 is 1.15 bits per heavy atom. The number of amides is 1. The van der Waals surface area contributed by atoms with Gasteiger partial charge in [0.25, 0.3) is 0 Å². The van der Waals surface area contributed by atoms with E-state index < -0.39 is 0 Å². The molecular formula is C30H41N7O2. The lowest BCUT2D eigenvalue weighted by Gasteiger charge is -2.42. The largest absolute Gasteiger partial charge is 0.369 e. The normalized spacial score (nSPS) is 17.3. The Morgan fingerprint density at radius 2 is 1.92 bits per heavy atom. The average Bonchev–Trinajstić information content (AvgIpc) is 3.33. The summed E-state index contributed by atoms with van der Waals surface area (Å²) in [5.41, 5.74) is 4.94. The fourth-order valence-corrected chi connectivity index (χ4v) is 5.32. The van der Waals surface area contributed by atoms with Crippen molar-refractivity contribution in [3.05, 3.63) is 54.0 Å². The van der Waals surface area contributed by atoms with Crippen molar-refractivity contribution in [3.63, 3.8) is 0 Å². The molecule has 1 amide bonds. The molecule has 2 aliphatic rings. The van der Waals surface area contributed by atoms with Gasteiger partial charge in [0, 0.05) is 37.5 Å². The molecule has 0 unspecified atom stereocenters. The van der Waals surface area contributed by atoms with Crippen molar-refractivity contribution >= 4 is 17.5 Å². The van der Waals surface area contributed by atoms with E-state index in [0.717, 1.165) is 54.9 Å². The van der Waals surface area contributed by atoms with E-state index in [1.807, 2.05) is 23.4 Å². The van der Waals surface area contributed by atoms with Gasteiger partial charge in [-0.05, 0) is 90.4 Å². The van der Waals surface area contributed by atoms with Crippen molar-refractivity contribution in [2.75, 3.05) is 38.5 Å². The van der Waals surface area contributed by atoms with Gasteiger partial charge in [-0.3, -0.25) is 9.48 Å². The van der Waals surface area contributed by atoms with E-state index in [1.165, 1.54) is 5.56 Å². The zero-order chi connectivity index (χ0) is 27.6. The minimum Gasteiger partial charge on any atom is -0.369 e. The Hall–Kier alpha value is -3.30. The van der Waals surface area contributed by atoms with Crippen LogP contribution in [0.4, 0.5) is 11.6 Å². The maximum absolute atomic E-state index is 12.6. The van der Waals surface area contributed by atoms with Crippen LogP contribution < -0.4 is 5.32 Å². The first-order valence-corrected chi connectivity index (χ1v) is 14.0. The number of carbonyl (C=O) groups is 1. The molecule has 1 N–H and O–H groups in total. The van der Waals surface area contributed by atoms with Crippen molar-refractivity contribution in [2.45, 2.75) is 71.1 Å². The van der Waals surface area contributed by atoms with Crippen molar-refractivity contribution < 1.29 is 9.53 Å². The Balaban J connectivity index is 1.16. The number of nitrogens with zero attached hydrogens (tertiary/aromatic N) is 6. The highest BCUT2D eigenvalue weighted by Crippen LogP contribution is 2.26. The Morgan fingerprint density at radius 3 is 2.64 bits per heavy atom. The van der Waals surface area contributed by atoms with E-state index in [0.29, 0.717) is 31.5 Å². The first-order chi connectivity index (χ1) is 18.6. The van der Waals surface area contributed by atoms with Gasteiger partial charge in [-0.15, -0.1) is 0 Å². The van der Waals surface area contributed by atoms with Crippen molar-refractivity contribution in [2.24, 2.45) is 0 Å². The SMILES string of the molecule is Cc1cc(-c2ccnc(Nc3cnn(C4CCN(C)CC4)c3)n2)ccc1CCC(=O)N1CC(OC(C)(C)C)C1. The highest BCUT2D eigenvalue weighted by molar-refractivity contribution is 5.77. The third kappa shape index (κ3) is 7.02. The highest BCUT2D eigenvalue weighted by Gasteiger charge is 2.33. The number of likely N-dealkylation sites (tertiary alicyclic amines) is 2. The summed E-state index contributed by atoms with van der Waals surface area (Å²) in [5, 5.41) is 7.89. The summed E-state index contributed by atoms with van der Waals surface area (Å²) in [6.45, 7) is 11.8. The maximum Gasteiger partial charge on any atom is 0.227 e. The quantitative estimate of drug-likeness (QED) is 0.454. The van der Waals surface area contributed by atoms with Gasteiger partial charge in [-0.25, -0.2) is 9.97 Å². The lowest BCUT2D eigenvalue weighted by atomic mass is 9.99. The first kappa shape index (κ1) is 27.3. The number of ether oxygens (including phenoxy) is 1. The number of carbonyl (C=O) groups excluding carboxylic acids is 1. The fourth-order valence-electron chi connectivity index (χ4n) is 5.32. The molecule has 0 spiro atoms. The molecule has 2 aromatic heterocycles. The second-order valence-corrected chi connectivity index (χ2v) is 11.9. The van der Waals surface area contributed by atoms with Gasteiger partial charge < -0.3 is 19.9 Å². The summed E-state index contributed by atoms with van der Waals surface area (Å²) >= 11 is 0. The van der Waals surface area contributed by atoms with Gasteiger partial charge in [-0.1, -0.05) is 12.1 Å². The molecule has 0 bridgehead atoms. The summed E-state index contributed by atoms with van der Waals surface area (Å²) in [7, 11) is 2.17. The second kappa shape index (κ2) is 11.4. The third-order valence-electron chi connectivity index (χ3n) is 7.54. The van der Waals surface area contributed by atoms with Crippen LogP contribution in [0.25, 0.3) is 11.3 Å². The Kier molecular flexibility index (Phi) is 8.00. The van der Waals surface area contributed by atoms with Crippen LogP contribution >= 0.6 is 0 Å². The molecular weight excluding hydrogens is 490 g/mol. The van der Waals surface area contributed by atoms with Gasteiger partial charge >= 0.3 is 0 Å². The van der Waals surface area contributed by atoms with Crippen LogP contribution in [-0.4, -0.2) is 80.4 Å². The number of rotatable bonds is 8. The Labute approximate surface area is 231 Å². The summed E-state index contributed by atoms with van der Waals surface area (Å²) in [4.78, 5) is 26.1. The molecule has 4 heterocycles. The number of aryl methyl sites for hydroxylation is 2. The first-order valence-electron chi connectivity index (χ1n) is 14.0. The average molecular weight is 532 g/mol. The van der Waals surface area contributed by atoms with Crippen LogP contribution in [0.5, 0.6) is 0 Å². The lowest BCUT2D eigenvalue weighted by molar-refractivity contribution is -0.157. The summed E-state index contributed by atoms with van der Waals surface area (Å²) in [6.07, 6.45) is 9.27. The molecule has 208 valence electrons. The van der Waals surface area contributed by atoms with Gasteiger partial charge in [0.1, 0.15) is 0 Å². The zero-order valence-electron chi connectivity index (χ0n) is 23.9. The molecule has 2 aliphatic heterocycles. The summed E-state index contributed by atoms with van der Waals surface area (Å²) < 4.78 is 8.01. The van der Waals surface area contributed by atoms with E-state index in [2.05, 4.69) is 77.9 Å². The number of hydrogen-bond acceptors (Lipinski definition) is 7. The molecule has 9 nitrogen and oxygen atoms in total. The number of hydrogen-bond donors (Lipinski definition) is 1. The van der Waals surface area contributed by atoms with Gasteiger partial charge in [0.05, 0.1) is 35.3 Å². The molecule has 5 rings (SSSR count).